The van der Waals surface area contributed by atoms with Gasteiger partial charge in [0.2, 0.25) is 0 Å². The molecule has 0 aliphatic carbocycles. The summed E-state index contributed by atoms with van der Waals surface area (Å²) in [5, 5.41) is 2.10. The van der Waals surface area contributed by atoms with Gasteiger partial charge in [-0.3, -0.25) is 4.79 Å². The smallest absolute Gasteiger partial charge is 0.418 e. The molecule has 0 unspecified atom stereocenters. The summed E-state index contributed by atoms with van der Waals surface area (Å²) in [6.07, 6.45) is -1.92. The fraction of sp³-hybridized carbons (Fsp3) is 0.238. The van der Waals surface area contributed by atoms with Crippen LogP contribution in [0.4, 0.5) is 18.9 Å². The topological polar surface area (TPSA) is 55.4 Å². The fourth-order valence-corrected chi connectivity index (χ4v) is 2.37. The van der Waals surface area contributed by atoms with Gasteiger partial charge in [-0.25, -0.2) is 4.79 Å². The van der Waals surface area contributed by atoms with Gasteiger partial charge in [-0.2, -0.15) is 13.2 Å². The van der Waals surface area contributed by atoms with Gasteiger partial charge in [0.15, 0.2) is 6.61 Å². The summed E-state index contributed by atoms with van der Waals surface area (Å²) in [6.45, 7) is 3.45. The highest BCUT2D eigenvalue weighted by Gasteiger charge is 2.33. The first-order chi connectivity index (χ1) is 13.2. The van der Waals surface area contributed by atoms with E-state index in [9.17, 15) is 22.8 Å². The Balaban J connectivity index is 1.88. The lowest BCUT2D eigenvalue weighted by atomic mass is 10.0. The molecule has 7 heteroatoms. The van der Waals surface area contributed by atoms with Crippen LogP contribution in [0.5, 0.6) is 0 Å². The molecule has 0 heterocycles. The summed E-state index contributed by atoms with van der Waals surface area (Å²) in [4.78, 5) is 23.5. The van der Waals surface area contributed by atoms with Crippen molar-refractivity contribution in [3.05, 3.63) is 71.3 Å². The van der Waals surface area contributed by atoms with Crippen LogP contribution in [0.2, 0.25) is 0 Å². The van der Waals surface area contributed by atoms with Gasteiger partial charge in [-0.05, 0) is 35.3 Å². The average molecular weight is 391 g/mol. The lowest BCUT2D eigenvalue weighted by Crippen LogP contribution is -2.22. The molecule has 0 saturated heterocycles. The Labute approximate surface area is 161 Å². The second-order valence-corrected chi connectivity index (χ2v) is 6.35. The first kappa shape index (κ1) is 21.2. The molecule has 2 rings (SSSR count). The highest BCUT2D eigenvalue weighted by molar-refractivity contribution is 5.95. The number of anilines is 1. The number of nitrogens with one attached hydrogen (secondary N) is 1. The monoisotopic (exact) mass is 391 g/mol. The summed E-state index contributed by atoms with van der Waals surface area (Å²) < 4.78 is 43.5. The minimum Gasteiger partial charge on any atom is -0.452 e. The van der Waals surface area contributed by atoms with Gasteiger partial charge in [0.1, 0.15) is 0 Å². The molecule has 0 radical (unpaired) electrons. The zero-order valence-corrected chi connectivity index (χ0v) is 15.4. The quantitative estimate of drug-likeness (QED) is 0.555. The molecule has 1 N–H and O–H groups in total. The largest absolute Gasteiger partial charge is 0.452 e. The van der Waals surface area contributed by atoms with Crippen LogP contribution >= 0.6 is 0 Å². The second-order valence-electron chi connectivity index (χ2n) is 6.35. The molecule has 4 nitrogen and oxygen atoms in total. The molecule has 148 valence electrons. The van der Waals surface area contributed by atoms with E-state index in [4.69, 9.17) is 4.74 Å². The lowest BCUT2D eigenvalue weighted by Gasteiger charge is -2.13. The molecule has 0 aliphatic rings. The maximum atomic E-state index is 12.9. The number of hydrogen-bond acceptors (Lipinski definition) is 3. The van der Waals surface area contributed by atoms with E-state index in [2.05, 4.69) is 19.2 Å². The van der Waals surface area contributed by atoms with Crippen molar-refractivity contribution in [1.29, 1.82) is 0 Å². The molecule has 0 spiro atoms. The third-order valence-electron chi connectivity index (χ3n) is 3.87. The van der Waals surface area contributed by atoms with Crippen molar-refractivity contribution in [2.45, 2.75) is 25.9 Å². The number of carbonyl (C=O) groups is 2. The summed E-state index contributed by atoms with van der Waals surface area (Å²) >= 11 is 0. The van der Waals surface area contributed by atoms with Crippen molar-refractivity contribution in [3.8, 4) is 0 Å². The van der Waals surface area contributed by atoms with Gasteiger partial charge in [0.05, 0.1) is 11.3 Å². The number of esters is 1. The van der Waals surface area contributed by atoms with Crippen LogP contribution in [0, 0.1) is 0 Å². The number of halogens is 3. The zero-order valence-electron chi connectivity index (χ0n) is 15.4. The molecule has 1 amide bonds. The number of alkyl halides is 3. The van der Waals surface area contributed by atoms with Gasteiger partial charge < -0.3 is 10.1 Å². The first-order valence-electron chi connectivity index (χ1n) is 8.57. The number of hydrogen-bond donors (Lipinski definition) is 1. The van der Waals surface area contributed by atoms with Crippen LogP contribution in [0.15, 0.2) is 54.6 Å². The second kappa shape index (κ2) is 9.21. The van der Waals surface area contributed by atoms with Crippen LogP contribution in [0.25, 0.3) is 6.08 Å². The van der Waals surface area contributed by atoms with Crippen LogP contribution < -0.4 is 5.32 Å². The summed E-state index contributed by atoms with van der Waals surface area (Å²) in [6, 6.07) is 12.2. The van der Waals surface area contributed by atoms with Crippen LogP contribution in [0.1, 0.15) is 36.5 Å². The zero-order chi connectivity index (χ0) is 20.7. The lowest BCUT2D eigenvalue weighted by molar-refractivity contribution is -0.142. The summed E-state index contributed by atoms with van der Waals surface area (Å²) in [7, 11) is 0. The average Bonchev–Trinajstić information content (AvgIpc) is 2.64. The minimum absolute atomic E-state index is 0.392. The molecule has 28 heavy (non-hydrogen) atoms. The number of benzene rings is 2. The molecular formula is C21H20F3NO3. The van der Waals surface area contributed by atoms with E-state index in [1.807, 2.05) is 24.3 Å². The first-order valence-corrected chi connectivity index (χ1v) is 8.57. The molecule has 0 aromatic heterocycles. The fourth-order valence-electron chi connectivity index (χ4n) is 2.37. The predicted octanol–water partition coefficient (Wildman–Crippen LogP) is 5.02. The van der Waals surface area contributed by atoms with Gasteiger partial charge >= 0.3 is 12.1 Å². The molecule has 0 bridgehead atoms. The number of ether oxygens (including phenoxy) is 1. The maximum Gasteiger partial charge on any atom is 0.418 e. The number of para-hydroxylation sites is 1. The maximum absolute atomic E-state index is 12.9. The molecule has 2 aromatic rings. The van der Waals surface area contributed by atoms with Gasteiger partial charge in [0.25, 0.3) is 5.91 Å². The van der Waals surface area contributed by atoms with Crippen molar-refractivity contribution in [2.24, 2.45) is 0 Å². The van der Waals surface area contributed by atoms with Crippen LogP contribution in [0.3, 0.4) is 0 Å². The van der Waals surface area contributed by atoms with Crippen molar-refractivity contribution >= 4 is 23.6 Å². The van der Waals surface area contributed by atoms with E-state index in [0.717, 1.165) is 29.3 Å². The highest BCUT2D eigenvalue weighted by Crippen LogP contribution is 2.34. The van der Waals surface area contributed by atoms with E-state index in [0.29, 0.717) is 5.92 Å². The van der Waals surface area contributed by atoms with Crippen molar-refractivity contribution in [3.63, 3.8) is 0 Å². The molecule has 0 fully saturated rings. The van der Waals surface area contributed by atoms with E-state index >= 15 is 0 Å². The molecule has 0 atom stereocenters. The van der Waals surface area contributed by atoms with Gasteiger partial charge in [0, 0.05) is 6.08 Å². The molecule has 0 aliphatic heterocycles. The summed E-state index contributed by atoms with van der Waals surface area (Å²) in [5.41, 5.74) is 0.580. The minimum atomic E-state index is -4.60. The van der Waals surface area contributed by atoms with Gasteiger partial charge in [-0.15, -0.1) is 0 Å². The standard InChI is InChI=1S/C21H20F3NO3/c1-14(2)16-10-7-15(8-11-16)9-12-20(27)28-13-19(26)25-18-6-4-3-5-17(18)21(22,23)24/h3-12,14H,13H2,1-2H3,(H,25,26)/b12-9+. The number of rotatable bonds is 6. The molecular weight excluding hydrogens is 371 g/mol. The van der Waals surface area contributed by atoms with E-state index < -0.39 is 35.9 Å². The van der Waals surface area contributed by atoms with E-state index in [1.54, 1.807) is 0 Å². The Morgan fingerprint density at radius 3 is 2.32 bits per heavy atom. The Morgan fingerprint density at radius 2 is 1.71 bits per heavy atom. The van der Waals surface area contributed by atoms with Crippen molar-refractivity contribution in [1.82, 2.24) is 0 Å². The molecule has 0 saturated carbocycles. The normalized spacial score (nSPS) is 11.6. The Hall–Kier alpha value is -3.09. The predicted molar refractivity (Wildman–Crippen MR) is 101 cm³/mol. The van der Waals surface area contributed by atoms with Gasteiger partial charge in [-0.1, -0.05) is 50.2 Å². The SMILES string of the molecule is CC(C)c1ccc(/C=C/C(=O)OCC(=O)Nc2ccccc2C(F)(F)F)cc1. The van der Waals surface area contributed by atoms with E-state index in [-0.39, 0.29) is 0 Å². The number of amides is 1. The Morgan fingerprint density at radius 1 is 1.07 bits per heavy atom. The summed E-state index contributed by atoms with van der Waals surface area (Å²) in [5.74, 6) is -1.24. The Kier molecular flexibility index (Phi) is 6.98. The van der Waals surface area contributed by atoms with E-state index in [1.165, 1.54) is 18.2 Å². The van der Waals surface area contributed by atoms with Crippen molar-refractivity contribution in [2.75, 3.05) is 11.9 Å². The third kappa shape index (κ3) is 6.26. The molecule has 2 aromatic carbocycles. The highest BCUT2D eigenvalue weighted by atomic mass is 19.4. The number of carbonyl (C=O) groups excluding carboxylic acids is 2. The third-order valence-corrected chi connectivity index (χ3v) is 3.87. The van der Waals surface area contributed by atoms with Crippen LogP contribution in [-0.2, 0) is 20.5 Å². The Bertz CT molecular complexity index is 856. The van der Waals surface area contributed by atoms with Crippen molar-refractivity contribution < 1.29 is 27.5 Å². The van der Waals surface area contributed by atoms with Crippen LogP contribution in [-0.4, -0.2) is 18.5 Å².